The van der Waals surface area contributed by atoms with Crippen molar-refractivity contribution in [2.24, 2.45) is 0 Å². The molecule has 2 atom stereocenters. The quantitative estimate of drug-likeness (QED) is 0.615. The number of amides is 2. The molecule has 0 spiro atoms. The number of nitrogens with zero attached hydrogens (tertiary/aromatic N) is 1. The number of carbonyl (C=O) groups is 2. The van der Waals surface area contributed by atoms with Gasteiger partial charge in [0.25, 0.3) is 0 Å². The highest BCUT2D eigenvalue weighted by molar-refractivity contribution is 6.00. The van der Waals surface area contributed by atoms with Gasteiger partial charge < -0.3 is 25.5 Å². The van der Waals surface area contributed by atoms with Crippen molar-refractivity contribution in [3.05, 3.63) is 29.6 Å². The highest BCUT2D eigenvalue weighted by Gasteiger charge is 2.32. The number of benzene rings is 1. The van der Waals surface area contributed by atoms with Crippen LogP contribution in [0.5, 0.6) is 0 Å². The fraction of sp³-hybridized carbons (Fsp3) is 0.333. The summed E-state index contributed by atoms with van der Waals surface area (Å²) in [5, 5.41) is 29.9. The van der Waals surface area contributed by atoms with E-state index in [0.29, 0.717) is 0 Å². The van der Waals surface area contributed by atoms with Crippen LogP contribution in [0.3, 0.4) is 0 Å². The molecule has 2 amide bonds. The first-order chi connectivity index (χ1) is 9.38. The first-order valence-corrected chi connectivity index (χ1v) is 5.83. The molecule has 108 valence electrons. The maximum absolute atomic E-state index is 13.1. The highest BCUT2D eigenvalue weighted by Crippen LogP contribution is 2.19. The van der Waals surface area contributed by atoms with Gasteiger partial charge in [0.1, 0.15) is 5.82 Å². The highest BCUT2D eigenvalue weighted by atomic mass is 19.1. The number of carbonyl (C=O) groups excluding carboxylic acids is 1. The molecule has 1 aliphatic rings. The van der Waals surface area contributed by atoms with E-state index in [4.69, 9.17) is 5.11 Å². The number of hydrogen-bond acceptors (Lipinski definition) is 4. The summed E-state index contributed by atoms with van der Waals surface area (Å²) in [7, 11) is 0. The summed E-state index contributed by atoms with van der Waals surface area (Å²) in [6.45, 7) is -0.157. The van der Waals surface area contributed by atoms with E-state index >= 15 is 0 Å². The minimum Gasteiger partial charge on any atom is -0.478 e. The monoisotopic (exact) mass is 284 g/mol. The molecule has 2 unspecified atom stereocenters. The van der Waals surface area contributed by atoms with Crippen LogP contribution in [-0.4, -0.2) is 57.5 Å². The van der Waals surface area contributed by atoms with E-state index in [2.05, 4.69) is 5.32 Å². The van der Waals surface area contributed by atoms with Crippen molar-refractivity contribution >= 4 is 17.7 Å². The topological polar surface area (TPSA) is 110 Å². The second-order valence-electron chi connectivity index (χ2n) is 4.46. The molecule has 0 saturated carbocycles. The van der Waals surface area contributed by atoms with Crippen molar-refractivity contribution in [2.75, 3.05) is 18.4 Å². The van der Waals surface area contributed by atoms with Crippen LogP contribution < -0.4 is 5.32 Å². The van der Waals surface area contributed by atoms with Gasteiger partial charge in [0.05, 0.1) is 36.5 Å². The summed E-state index contributed by atoms with van der Waals surface area (Å²) in [6, 6.07) is 2.20. The van der Waals surface area contributed by atoms with Gasteiger partial charge in [-0.1, -0.05) is 0 Å². The Bertz CT molecular complexity index is 541. The van der Waals surface area contributed by atoms with Gasteiger partial charge in [-0.2, -0.15) is 0 Å². The lowest BCUT2D eigenvalue weighted by Gasteiger charge is -2.17. The Labute approximate surface area is 113 Å². The standard InChI is InChI=1S/C12H13FN2O5/c13-6-1-2-7(11(18)19)8(3-6)14-12(20)15-4-9(16)10(17)5-15/h1-3,9-10,16-17H,4-5H2,(H,14,20)(H,18,19). The van der Waals surface area contributed by atoms with Gasteiger partial charge in [-0.15, -0.1) is 0 Å². The summed E-state index contributed by atoms with van der Waals surface area (Å²) in [6.07, 6.45) is -2.10. The number of aliphatic hydroxyl groups is 2. The second-order valence-corrected chi connectivity index (χ2v) is 4.46. The molecule has 4 N–H and O–H groups in total. The summed E-state index contributed by atoms with van der Waals surface area (Å²) < 4.78 is 13.1. The summed E-state index contributed by atoms with van der Waals surface area (Å²) in [5.41, 5.74) is -0.432. The van der Waals surface area contributed by atoms with Crippen LogP contribution in [0, 0.1) is 5.82 Å². The van der Waals surface area contributed by atoms with Crippen molar-refractivity contribution in [2.45, 2.75) is 12.2 Å². The number of nitrogens with one attached hydrogen (secondary N) is 1. The van der Waals surface area contributed by atoms with Crippen LogP contribution in [0.1, 0.15) is 10.4 Å². The first-order valence-electron chi connectivity index (χ1n) is 5.83. The Balaban J connectivity index is 2.16. The van der Waals surface area contributed by atoms with Crippen LogP contribution in [0.2, 0.25) is 0 Å². The molecule has 2 rings (SSSR count). The third kappa shape index (κ3) is 2.86. The predicted octanol–water partition coefficient (Wildman–Crippen LogP) is 0.0932. The van der Waals surface area contributed by atoms with Gasteiger partial charge in [-0.3, -0.25) is 0 Å². The molecule has 1 heterocycles. The number of carboxylic acid groups (broad SMARTS) is 1. The fourth-order valence-corrected chi connectivity index (χ4v) is 1.94. The Morgan fingerprint density at radius 1 is 1.25 bits per heavy atom. The molecule has 20 heavy (non-hydrogen) atoms. The van der Waals surface area contributed by atoms with E-state index < -0.39 is 30.0 Å². The zero-order valence-electron chi connectivity index (χ0n) is 10.3. The maximum Gasteiger partial charge on any atom is 0.337 e. The van der Waals surface area contributed by atoms with Crippen molar-refractivity contribution in [3.63, 3.8) is 0 Å². The molecule has 0 bridgehead atoms. The summed E-state index contributed by atoms with van der Waals surface area (Å²) in [5.74, 6) is -1.99. The molecular weight excluding hydrogens is 271 g/mol. The Kier molecular flexibility index (Phi) is 3.86. The number of aliphatic hydroxyl groups excluding tert-OH is 2. The van der Waals surface area contributed by atoms with E-state index in [-0.39, 0.29) is 24.3 Å². The van der Waals surface area contributed by atoms with E-state index in [1.807, 2.05) is 0 Å². The van der Waals surface area contributed by atoms with Gasteiger partial charge in [-0.05, 0) is 18.2 Å². The number of aromatic carboxylic acids is 1. The van der Waals surface area contributed by atoms with Crippen molar-refractivity contribution in [1.29, 1.82) is 0 Å². The predicted molar refractivity (Wildman–Crippen MR) is 66.0 cm³/mol. The lowest BCUT2D eigenvalue weighted by atomic mass is 10.2. The molecule has 0 aliphatic carbocycles. The molecular formula is C12H13FN2O5. The van der Waals surface area contributed by atoms with Gasteiger partial charge in [0.15, 0.2) is 0 Å². The molecule has 8 heteroatoms. The molecule has 1 saturated heterocycles. The van der Waals surface area contributed by atoms with Crippen LogP contribution in [0.25, 0.3) is 0 Å². The molecule has 0 radical (unpaired) electrons. The minimum atomic E-state index is -1.30. The molecule has 1 aromatic carbocycles. The van der Waals surface area contributed by atoms with E-state index in [1.165, 1.54) is 0 Å². The number of anilines is 1. The lowest BCUT2D eigenvalue weighted by Crippen LogP contribution is -2.34. The van der Waals surface area contributed by atoms with Crippen LogP contribution in [0.15, 0.2) is 18.2 Å². The first kappa shape index (κ1) is 14.2. The third-order valence-corrected chi connectivity index (χ3v) is 3.00. The molecule has 1 aromatic rings. The molecule has 7 nitrogen and oxygen atoms in total. The fourth-order valence-electron chi connectivity index (χ4n) is 1.94. The van der Waals surface area contributed by atoms with Crippen LogP contribution in [-0.2, 0) is 0 Å². The number of halogens is 1. The average Bonchev–Trinajstić information content (AvgIpc) is 2.69. The van der Waals surface area contributed by atoms with Crippen molar-refractivity contribution in [1.82, 2.24) is 4.90 Å². The van der Waals surface area contributed by atoms with Gasteiger partial charge in [0, 0.05) is 0 Å². The molecule has 1 fully saturated rings. The van der Waals surface area contributed by atoms with Crippen LogP contribution >= 0.6 is 0 Å². The normalized spacial score (nSPS) is 21.9. The van der Waals surface area contributed by atoms with Crippen molar-refractivity contribution < 1.29 is 29.3 Å². The Morgan fingerprint density at radius 2 is 1.85 bits per heavy atom. The summed E-state index contributed by atoms with van der Waals surface area (Å²) >= 11 is 0. The number of carboxylic acids is 1. The van der Waals surface area contributed by atoms with Gasteiger partial charge in [0.2, 0.25) is 0 Å². The number of urea groups is 1. The maximum atomic E-state index is 13.1. The van der Waals surface area contributed by atoms with Crippen molar-refractivity contribution in [3.8, 4) is 0 Å². The zero-order chi connectivity index (χ0) is 14.9. The third-order valence-electron chi connectivity index (χ3n) is 3.00. The SMILES string of the molecule is O=C(O)c1ccc(F)cc1NC(=O)N1CC(O)C(O)C1. The zero-order valence-corrected chi connectivity index (χ0v) is 10.3. The summed E-state index contributed by atoms with van der Waals surface area (Å²) in [4.78, 5) is 24.0. The van der Waals surface area contributed by atoms with Gasteiger partial charge in [-0.25, -0.2) is 14.0 Å². The Hall–Kier alpha value is -2.19. The Morgan fingerprint density at radius 3 is 2.40 bits per heavy atom. The average molecular weight is 284 g/mol. The molecule has 1 aliphatic heterocycles. The van der Waals surface area contributed by atoms with E-state index in [9.17, 15) is 24.2 Å². The lowest BCUT2D eigenvalue weighted by molar-refractivity contribution is 0.0572. The smallest absolute Gasteiger partial charge is 0.337 e. The number of β-amino-alcohol motifs (C(OH)–C–C–N with tert-alkyl or cyclic N) is 2. The number of hydrogen-bond donors (Lipinski definition) is 4. The van der Waals surface area contributed by atoms with E-state index in [0.717, 1.165) is 23.1 Å². The largest absolute Gasteiger partial charge is 0.478 e. The van der Waals surface area contributed by atoms with Gasteiger partial charge >= 0.3 is 12.0 Å². The number of rotatable bonds is 2. The van der Waals surface area contributed by atoms with Crippen LogP contribution in [0.4, 0.5) is 14.9 Å². The minimum absolute atomic E-state index is 0.0787. The molecule has 0 aromatic heterocycles. The number of likely N-dealkylation sites (tertiary alicyclic amines) is 1. The van der Waals surface area contributed by atoms with E-state index in [1.54, 1.807) is 0 Å². The second kappa shape index (κ2) is 5.43.